The Morgan fingerprint density at radius 3 is 2.54 bits per heavy atom. The molecule has 2 N–H and O–H groups in total. The minimum Gasteiger partial charge on any atom is -0.338 e. The zero-order valence-electron chi connectivity index (χ0n) is 15.0. The van der Waals surface area contributed by atoms with E-state index in [0.717, 1.165) is 22.0 Å². The summed E-state index contributed by atoms with van der Waals surface area (Å²) in [6.07, 6.45) is 1.74. The van der Waals surface area contributed by atoms with Crippen LogP contribution in [-0.4, -0.2) is 26.4 Å². The Morgan fingerprint density at radius 1 is 1.00 bits per heavy atom. The fourth-order valence-corrected chi connectivity index (χ4v) is 2.80. The molecule has 0 aliphatic carbocycles. The molecular weight excluding hydrogens is 324 g/mol. The molecule has 6 nitrogen and oxygen atoms in total. The van der Waals surface area contributed by atoms with Gasteiger partial charge in [0.25, 0.3) is 5.95 Å². The third kappa shape index (κ3) is 3.13. The van der Waals surface area contributed by atoms with E-state index in [-0.39, 0.29) is 5.41 Å². The first-order valence-corrected chi connectivity index (χ1v) is 8.51. The third-order valence-corrected chi connectivity index (χ3v) is 4.28. The van der Waals surface area contributed by atoms with Crippen LogP contribution < -0.4 is 5.43 Å². The van der Waals surface area contributed by atoms with Crippen LogP contribution in [0.15, 0.2) is 53.6 Å². The first-order valence-electron chi connectivity index (χ1n) is 8.51. The number of hydrogen-bond donors (Lipinski definition) is 2. The van der Waals surface area contributed by atoms with Crippen LogP contribution >= 0.6 is 0 Å². The van der Waals surface area contributed by atoms with Gasteiger partial charge >= 0.3 is 0 Å². The summed E-state index contributed by atoms with van der Waals surface area (Å²) in [7, 11) is 0. The van der Waals surface area contributed by atoms with E-state index in [1.807, 2.05) is 36.4 Å². The predicted octanol–water partition coefficient (Wildman–Crippen LogP) is 4.25. The highest BCUT2D eigenvalue weighted by Crippen LogP contribution is 2.22. The molecule has 4 aromatic rings. The van der Waals surface area contributed by atoms with Crippen molar-refractivity contribution in [2.45, 2.75) is 26.2 Å². The van der Waals surface area contributed by atoms with Crippen molar-refractivity contribution in [1.82, 2.24) is 20.2 Å². The minimum absolute atomic E-state index is 0.141. The van der Waals surface area contributed by atoms with Gasteiger partial charge in [-0.2, -0.15) is 10.1 Å². The summed E-state index contributed by atoms with van der Waals surface area (Å²) in [6.45, 7) is 6.59. The Bertz CT molecular complexity index is 1090. The van der Waals surface area contributed by atoms with Gasteiger partial charge in [-0.25, -0.2) is 5.43 Å². The van der Waals surface area contributed by atoms with Gasteiger partial charge in [0, 0.05) is 10.9 Å². The van der Waals surface area contributed by atoms with Crippen LogP contribution in [0.3, 0.4) is 0 Å². The lowest BCUT2D eigenvalue weighted by atomic mass is 9.87. The fraction of sp³-hybridized carbons (Fsp3) is 0.200. The van der Waals surface area contributed by atoms with Crippen LogP contribution in [0.5, 0.6) is 0 Å². The van der Waals surface area contributed by atoms with Gasteiger partial charge in [-0.3, -0.25) is 0 Å². The van der Waals surface area contributed by atoms with Crippen LogP contribution in [0, 0.1) is 0 Å². The molecule has 0 atom stereocenters. The normalized spacial score (nSPS) is 12.3. The Kier molecular flexibility index (Phi) is 3.88. The van der Waals surface area contributed by atoms with Crippen molar-refractivity contribution in [1.29, 1.82) is 0 Å². The summed E-state index contributed by atoms with van der Waals surface area (Å²) in [4.78, 5) is 7.68. The van der Waals surface area contributed by atoms with Crippen molar-refractivity contribution in [3.63, 3.8) is 0 Å². The van der Waals surface area contributed by atoms with E-state index in [9.17, 15) is 0 Å². The van der Waals surface area contributed by atoms with Gasteiger partial charge in [-0.15, -0.1) is 10.2 Å². The number of benzene rings is 2. The number of nitrogens with zero attached hydrogens (tertiary/aromatic N) is 4. The highest BCUT2D eigenvalue weighted by molar-refractivity contribution is 6.03. The molecule has 26 heavy (non-hydrogen) atoms. The minimum atomic E-state index is 0.141. The number of para-hydroxylation sites is 1. The maximum atomic E-state index is 4.44. The summed E-state index contributed by atoms with van der Waals surface area (Å²) in [5, 5.41) is 13.6. The molecule has 0 amide bonds. The first kappa shape index (κ1) is 16.2. The van der Waals surface area contributed by atoms with Gasteiger partial charge in [0.15, 0.2) is 5.65 Å². The van der Waals surface area contributed by atoms with Crippen LogP contribution in [0.2, 0.25) is 0 Å². The Labute approximate surface area is 151 Å². The molecule has 130 valence electrons. The molecule has 0 saturated heterocycles. The molecule has 0 aliphatic heterocycles. The molecule has 0 fully saturated rings. The zero-order valence-corrected chi connectivity index (χ0v) is 15.0. The molecule has 2 heterocycles. The largest absolute Gasteiger partial charge is 0.338 e. The van der Waals surface area contributed by atoms with Gasteiger partial charge in [0.05, 0.1) is 6.21 Å². The maximum absolute atomic E-state index is 4.44. The number of anilines is 1. The maximum Gasteiger partial charge on any atom is 0.265 e. The number of nitrogens with one attached hydrogen (secondary N) is 2. The summed E-state index contributed by atoms with van der Waals surface area (Å²) in [6, 6.07) is 16.3. The Hall–Kier alpha value is -3.28. The molecular formula is C20H20N6. The smallest absolute Gasteiger partial charge is 0.265 e. The standard InChI is InChI=1S/C20H20N6/c1-20(2,3)14-10-8-13(9-11-14)12-21-25-19-23-18-17(24-26-19)15-6-4-5-7-16(15)22-18/h4-12H,1-3H3,(H2,22,23,25,26)/b21-12-. The van der Waals surface area contributed by atoms with Crippen molar-refractivity contribution < 1.29 is 0 Å². The van der Waals surface area contributed by atoms with Crippen LogP contribution in [0.25, 0.3) is 22.1 Å². The molecule has 2 aromatic carbocycles. The molecule has 0 radical (unpaired) electrons. The van der Waals surface area contributed by atoms with E-state index < -0.39 is 0 Å². The molecule has 0 saturated carbocycles. The van der Waals surface area contributed by atoms with Gasteiger partial charge in [-0.1, -0.05) is 63.2 Å². The zero-order chi connectivity index (χ0) is 18.1. The highest BCUT2D eigenvalue weighted by atomic mass is 15.4. The summed E-state index contributed by atoms with van der Waals surface area (Å²) in [5.74, 6) is 0.353. The second-order valence-corrected chi connectivity index (χ2v) is 7.25. The second kappa shape index (κ2) is 6.22. The fourth-order valence-electron chi connectivity index (χ4n) is 2.80. The van der Waals surface area contributed by atoms with E-state index in [1.165, 1.54) is 5.56 Å². The summed E-state index contributed by atoms with van der Waals surface area (Å²) < 4.78 is 0. The quantitative estimate of drug-likeness (QED) is 0.430. The van der Waals surface area contributed by atoms with E-state index >= 15 is 0 Å². The number of aromatic nitrogens is 4. The monoisotopic (exact) mass is 344 g/mol. The van der Waals surface area contributed by atoms with Crippen LogP contribution in [0.4, 0.5) is 5.95 Å². The molecule has 0 spiro atoms. The van der Waals surface area contributed by atoms with Crippen molar-refractivity contribution >= 4 is 34.2 Å². The lowest BCUT2D eigenvalue weighted by molar-refractivity contribution is 0.590. The molecule has 0 unspecified atom stereocenters. The van der Waals surface area contributed by atoms with Crippen molar-refractivity contribution in [2.75, 3.05) is 5.43 Å². The lowest BCUT2D eigenvalue weighted by Gasteiger charge is -2.18. The number of fused-ring (bicyclic) bond motifs is 3. The number of rotatable bonds is 3. The summed E-state index contributed by atoms with van der Waals surface area (Å²) >= 11 is 0. The van der Waals surface area contributed by atoms with E-state index in [2.05, 4.69) is 63.6 Å². The lowest BCUT2D eigenvalue weighted by Crippen LogP contribution is -2.10. The molecule has 0 aliphatic rings. The highest BCUT2D eigenvalue weighted by Gasteiger charge is 2.12. The van der Waals surface area contributed by atoms with Crippen molar-refractivity contribution in [3.8, 4) is 0 Å². The van der Waals surface area contributed by atoms with Crippen LogP contribution in [0.1, 0.15) is 31.9 Å². The summed E-state index contributed by atoms with van der Waals surface area (Å²) in [5.41, 5.74) is 7.71. The second-order valence-electron chi connectivity index (χ2n) is 7.25. The number of hydrogen-bond acceptors (Lipinski definition) is 5. The Morgan fingerprint density at radius 2 is 1.77 bits per heavy atom. The third-order valence-electron chi connectivity index (χ3n) is 4.28. The van der Waals surface area contributed by atoms with Crippen molar-refractivity contribution in [3.05, 3.63) is 59.7 Å². The first-order chi connectivity index (χ1) is 12.5. The number of H-pyrrole nitrogens is 1. The molecule has 2 aromatic heterocycles. The van der Waals surface area contributed by atoms with Crippen molar-refractivity contribution in [2.24, 2.45) is 5.10 Å². The van der Waals surface area contributed by atoms with Crippen LogP contribution in [-0.2, 0) is 5.41 Å². The Balaban J connectivity index is 1.52. The SMILES string of the molecule is CC(C)(C)c1ccc(/C=N\Nc2nnc3c(n2)[nH]c2ccccc23)cc1. The van der Waals surface area contributed by atoms with Gasteiger partial charge < -0.3 is 4.98 Å². The number of aromatic amines is 1. The number of hydrazone groups is 1. The predicted molar refractivity (Wildman–Crippen MR) is 106 cm³/mol. The molecule has 4 rings (SSSR count). The average Bonchev–Trinajstić information content (AvgIpc) is 2.99. The molecule has 0 bridgehead atoms. The van der Waals surface area contributed by atoms with E-state index in [4.69, 9.17) is 0 Å². The van der Waals surface area contributed by atoms with Gasteiger partial charge in [0.1, 0.15) is 5.52 Å². The average molecular weight is 344 g/mol. The van der Waals surface area contributed by atoms with Gasteiger partial charge in [-0.05, 0) is 22.6 Å². The van der Waals surface area contributed by atoms with E-state index in [1.54, 1.807) is 6.21 Å². The van der Waals surface area contributed by atoms with Gasteiger partial charge in [0.2, 0.25) is 0 Å². The topological polar surface area (TPSA) is 78.8 Å². The molecule has 6 heteroatoms. The van der Waals surface area contributed by atoms with E-state index in [0.29, 0.717) is 11.6 Å².